The number of hydrogen-bond acceptors (Lipinski definition) is 0. The molecule has 0 aliphatic carbocycles. The molecule has 0 N–H and O–H groups in total. The van der Waals surface area contributed by atoms with Gasteiger partial charge in [-0.1, -0.05) is 52.4 Å². The first kappa shape index (κ1) is 10.2. The zero-order valence-corrected chi connectivity index (χ0v) is 10.8. The summed E-state index contributed by atoms with van der Waals surface area (Å²) in [7, 11) is 0. The van der Waals surface area contributed by atoms with E-state index in [0.717, 1.165) is 15.0 Å². The van der Waals surface area contributed by atoms with E-state index in [-0.39, 0.29) is 0 Å². The number of benzene rings is 2. The maximum atomic E-state index is 6.08. The molecule has 0 amide bonds. The maximum Gasteiger partial charge on any atom is 0.0441 e. The van der Waals surface area contributed by atoms with Gasteiger partial charge in [0.1, 0.15) is 0 Å². The first-order chi connectivity index (χ1) is 6.72. The summed E-state index contributed by atoms with van der Waals surface area (Å²) in [6.45, 7) is 2.05. The summed E-state index contributed by atoms with van der Waals surface area (Å²) < 4.78 is 1.04. The number of fused-ring (bicyclic) bond motifs is 1. The minimum absolute atomic E-state index is 0.850. The zero-order chi connectivity index (χ0) is 10.1. The number of alkyl halides is 1. The molecule has 0 spiro atoms. The summed E-state index contributed by atoms with van der Waals surface area (Å²) >= 11 is 8.47. The average molecular weight is 317 g/mol. The molecule has 72 valence electrons. The van der Waals surface area contributed by atoms with Crippen molar-refractivity contribution < 1.29 is 0 Å². The average Bonchev–Trinajstić information content (AvgIpc) is 2.19. The molecule has 2 heteroatoms. The molecule has 0 atom stereocenters. The smallest absolute Gasteiger partial charge is 0.0441 e. The van der Waals surface area contributed by atoms with Gasteiger partial charge in [0.2, 0.25) is 0 Å². The van der Waals surface area contributed by atoms with E-state index >= 15 is 0 Å². The highest BCUT2D eigenvalue weighted by molar-refractivity contribution is 14.1. The van der Waals surface area contributed by atoms with Crippen molar-refractivity contribution in [3.05, 3.63) is 46.5 Å². The molecule has 2 aromatic rings. The van der Waals surface area contributed by atoms with Crippen molar-refractivity contribution in [2.45, 2.75) is 11.4 Å². The summed E-state index contributed by atoms with van der Waals surface area (Å²) in [5.74, 6) is 0. The van der Waals surface area contributed by atoms with Crippen LogP contribution in [0.3, 0.4) is 0 Å². The summed E-state index contributed by atoms with van der Waals surface area (Å²) in [6.07, 6.45) is 0. The van der Waals surface area contributed by atoms with E-state index in [1.165, 1.54) is 16.3 Å². The molecule has 0 unspecified atom stereocenters. The predicted octanol–water partition coefficient (Wildman–Crippen LogP) is 4.74. The van der Waals surface area contributed by atoms with Gasteiger partial charge in [-0.05, 0) is 41.0 Å². The summed E-state index contributed by atoms with van der Waals surface area (Å²) in [6, 6.07) is 10.6. The first-order valence-electron chi connectivity index (χ1n) is 4.46. The molecule has 0 aromatic heterocycles. The maximum absolute atomic E-state index is 6.08. The molecule has 0 aliphatic rings. The Labute approximate surface area is 102 Å². The second kappa shape index (κ2) is 4.07. The quantitative estimate of drug-likeness (QED) is 0.527. The SMILES string of the molecule is Cc1cc2c(CI)cccc2cc1Cl. The van der Waals surface area contributed by atoms with Crippen molar-refractivity contribution in [2.75, 3.05) is 0 Å². The predicted molar refractivity (Wildman–Crippen MR) is 71.4 cm³/mol. The van der Waals surface area contributed by atoms with Crippen LogP contribution in [0.2, 0.25) is 5.02 Å². The Bertz CT molecular complexity index is 477. The molecule has 2 rings (SSSR count). The van der Waals surface area contributed by atoms with Crippen molar-refractivity contribution in [1.82, 2.24) is 0 Å². The molecule has 0 nitrogen and oxygen atoms in total. The van der Waals surface area contributed by atoms with E-state index in [1.54, 1.807) is 0 Å². The first-order valence-corrected chi connectivity index (χ1v) is 6.36. The molecular formula is C12H10ClI. The lowest BCUT2D eigenvalue weighted by Gasteiger charge is -2.06. The van der Waals surface area contributed by atoms with Gasteiger partial charge in [0, 0.05) is 9.45 Å². The van der Waals surface area contributed by atoms with Crippen LogP contribution in [0.25, 0.3) is 10.8 Å². The van der Waals surface area contributed by atoms with E-state index in [0.29, 0.717) is 0 Å². The van der Waals surface area contributed by atoms with Gasteiger partial charge < -0.3 is 0 Å². The Morgan fingerprint density at radius 2 is 2.07 bits per heavy atom. The highest BCUT2D eigenvalue weighted by atomic mass is 127. The molecule has 0 fully saturated rings. The van der Waals surface area contributed by atoms with E-state index in [2.05, 4.69) is 46.9 Å². The van der Waals surface area contributed by atoms with Crippen molar-refractivity contribution in [2.24, 2.45) is 0 Å². The van der Waals surface area contributed by atoms with E-state index in [9.17, 15) is 0 Å². The second-order valence-corrected chi connectivity index (χ2v) is 4.54. The fourth-order valence-corrected chi connectivity index (χ4v) is 2.42. The fraction of sp³-hybridized carbons (Fsp3) is 0.167. The standard InChI is InChI=1S/C12H10ClI/c1-8-5-11-9(6-12(8)13)3-2-4-10(11)7-14/h2-6H,7H2,1H3. The highest BCUT2D eigenvalue weighted by Crippen LogP contribution is 2.27. The minimum atomic E-state index is 0.850. The van der Waals surface area contributed by atoms with Crippen LogP contribution in [0.4, 0.5) is 0 Å². The van der Waals surface area contributed by atoms with Crippen LogP contribution >= 0.6 is 34.2 Å². The van der Waals surface area contributed by atoms with Crippen LogP contribution in [0.1, 0.15) is 11.1 Å². The van der Waals surface area contributed by atoms with E-state index < -0.39 is 0 Å². The monoisotopic (exact) mass is 316 g/mol. The normalized spacial score (nSPS) is 10.8. The van der Waals surface area contributed by atoms with Crippen molar-refractivity contribution in [1.29, 1.82) is 0 Å². The van der Waals surface area contributed by atoms with Gasteiger partial charge in [-0.25, -0.2) is 0 Å². The number of hydrogen-bond donors (Lipinski definition) is 0. The lowest BCUT2D eigenvalue weighted by molar-refractivity contribution is 1.46. The lowest BCUT2D eigenvalue weighted by Crippen LogP contribution is -1.83. The molecule has 0 radical (unpaired) electrons. The van der Waals surface area contributed by atoms with Gasteiger partial charge in [-0.15, -0.1) is 0 Å². The van der Waals surface area contributed by atoms with Crippen molar-refractivity contribution in [3.8, 4) is 0 Å². The van der Waals surface area contributed by atoms with Gasteiger partial charge in [0.25, 0.3) is 0 Å². The third-order valence-electron chi connectivity index (χ3n) is 2.39. The van der Waals surface area contributed by atoms with Gasteiger partial charge in [0.15, 0.2) is 0 Å². The largest absolute Gasteiger partial charge is 0.0840 e. The summed E-state index contributed by atoms with van der Waals surface area (Å²) in [5.41, 5.74) is 2.53. The van der Waals surface area contributed by atoms with Gasteiger partial charge in [-0.2, -0.15) is 0 Å². The third-order valence-corrected chi connectivity index (χ3v) is 3.62. The van der Waals surface area contributed by atoms with Gasteiger partial charge in [-0.3, -0.25) is 0 Å². The molecular weight excluding hydrogens is 306 g/mol. The molecule has 0 aliphatic heterocycles. The highest BCUT2D eigenvalue weighted by Gasteiger charge is 2.02. The van der Waals surface area contributed by atoms with Gasteiger partial charge >= 0.3 is 0 Å². The van der Waals surface area contributed by atoms with Gasteiger partial charge in [0.05, 0.1) is 0 Å². The molecule has 2 aromatic carbocycles. The Morgan fingerprint density at radius 3 is 2.79 bits per heavy atom. The van der Waals surface area contributed by atoms with Crippen LogP contribution in [0.15, 0.2) is 30.3 Å². The third kappa shape index (κ3) is 1.75. The zero-order valence-electron chi connectivity index (χ0n) is 7.85. The van der Waals surface area contributed by atoms with Crippen LogP contribution in [0, 0.1) is 6.92 Å². The number of halogens is 2. The summed E-state index contributed by atoms with van der Waals surface area (Å²) in [5, 5.41) is 3.40. The van der Waals surface area contributed by atoms with Crippen LogP contribution < -0.4 is 0 Å². The Kier molecular flexibility index (Phi) is 2.98. The topological polar surface area (TPSA) is 0 Å². The van der Waals surface area contributed by atoms with E-state index in [4.69, 9.17) is 11.6 Å². The van der Waals surface area contributed by atoms with Crippen molar-refractivity contribution in [3.63, 3.8) is 0 Å². The van der Waals surface area contributed by atoms with Crippen LogP contribution in [-0.4, -0.2) is 0 Å². The number of rotatable bonds is 1. The Balaban J connectivity index is 2.81. The Hall–Kier alpha value is -0.280. The second-order valence-electron chi connectivity index (χ2n) is 3.37. The molecule has 0 bridgehead atoms. The minimum Gasteiger partial charge on any atom is -0.0840 e. The lowest BCUT2D eigenvalue weighted by atomic mass is 10.0. The fourth-order valence-electron chi connectivity index (χ4n) is 1.59. The molecule has 0 heterocycles. The molecule has 0 saturated heterocycles. The van der Waals surface area contributed by atoms with Crippen LogP contribution in [-0.2, 0) is 4.43 Å². The van der Waals surface area contributed by atoms with E-state index in [1.807, 2.05) is 13.0 Å². The summed E-state index contributed by atoms with van der Waals surface area (Å²) in [4.78, 5) is 0. The van der Waals surface area contributed by atoms with Crippen molar-refractivity contribution >= 4 is 45.0 Å². The Morgan fingerprint density at radius 1 is 1.29 bits per heavy atom. The molecule has 14 heavy (non-hydrogen) atoms. The molecule has 0 saturated carbocycles. The number of aryl methyl sites for hydroxylation is 1. The van der Waals surface area contributed by atoms with Crippen LogP contribution in [0.5, 0.6) is 0 Å².